The number of hydrogen-bond donors (Lipinski definition) is 0. The fourth-order valence-corrected chi connectivity index (χ4v) is 1.28. The van der Waals surface area contributed by atoms with Gasteiger partial charge in [0, 0.05) is 24.7 Å². The lowest BCUT2D eigenvalue weighted by Gasteiger charge is -2.00. The third-order valence-electron chi connectivity index (χ3n) is 2.03. The Morgan fingerprint density at radius 1 is 1.13 bits per heavy atom. The van der Waals surface area contributed by atoms with Crippen LogP contribution in [-0.2, 0) is 0 Å². The topological polar surface area (TPSA) is 58.7 Å². The highest BCUT2D eigenvalue weighted by Gasteiger charge is 1.99. The Labute approximate surface area is 86.1 Å². The zero-order valence-corrected chi connectivity index (χ0v) is 7.79. The second-order valence-corrected chi connectivity index (χ2v) is 2.96. The van der Waals surface area contributed by atoms with Crippen LogP contribution in [0.1, 0.15) is 0 Å². The Balaban J connectivity index is 2.57. The second-order valence-electron chi connectivity index (χ2n) is 2.96. The molecule has 0 unspecified atom stereocenters. The molecule has 0 aliphatic heterocycles. The number of rotatable bonds is 1. The van der Waals surface area contributed by atoms with Crippen molar-refractivity contribution >= 4 is 0 Å². The summed E-state index contributed by atoms with van der Waals surface area (Å²) in [5, 5.41) is 8.69. The SMILES string of the molecule is N#Cn1cc(-c2ccncc2)ccc1=O. The summed E-state index contributed by atoms with van der Waals surface area (Å²) in [7, 11) is 0. The van der Waals surface area contributed by atoms with E-state index in [1.54, 1.807) is 24.7 Å². The molecule has 0 saturated carbocycles. The van der Waals surface area contributed by atoms with E-state index in [0.717, 1.165) is 15.7 Å². The third kappa shape index (κ3) is 1.76. The van der Waals surface area contributed by atoms with Crippen molar-refractivity contribution in [2.24, 2.45) is 0 Å². The van der Waals surface area contributed by atoms with Crippen LogP contribution in [-0.4, -0.2) is 9.55 Å². The maximum atomic E-state index is 11.2. The molecular weight excluding hydrogens is 190 g/mol. The minimum absolute atomic E-state index is 0.324. The lowest BCUT2D eigenvalue weighted by atomic mass is 10.1. The summed E-state index contributed by atoms with van der Waals surface area (Å²) < 4.78 is 0.996. The van der Waals surface area contributed by atoms with Gasteiger partial charge >= 0.3 is 0 Å². The lowest BCUT2D eigenvalue weighted by Crippen LogP contribution is -2.13. The maximum absolute atomic E-state index is 11.2. The van der Waals surface area contributed by atoms with Gasteiger partial charge in [0.1, 0.15) is 0 Å². The van der Waals surface area contributed by atoms with Crippen molar-refractivity contribution in [1.82, 2.24) is 9.55 Å². The van der Waals surface area contributed by atoms with Gasteiger partial charge in [0.25, 0.3) is 5.56 Å². The molecule has 72 valence electrons. The Morgan fingerprint density at radius 3 is 2.53 bits per heavy atom. The van der Waals surface area contributed by atoms with Crippen LogP contribution in [0.3, 0.4) is 0 Å². The van der Waals surface area contributed by atoms with Crippen molar-refractivity contribution in [2.45, 2.75) is 0 Å². The number of nitriles is 1. The highest BCUT2D eigenvalue weighted by molar-refractivity contribution is 5.61. The van der Waals surface area contributed by atoms with Crippen LogP contribution >= 0.6 is 0 Å². The molecule has 0 radical (unpaired) electrons. The van der Waals surface area contributed by atoms with Crippen LogP contribution in [0.5, 0.6) is 0 Å². The number of aromatic nitrogens is 2. The van der Waals surface area contributed by atoms with E-state index in [1.165, 1.54) is 12.3 Å². The Hall–Kier alpha value is -2.41. The summed E-state index contributed by atoms with van der Waals surface area (Å²) in [6, 6.07) is 6.70. The van der Waals surface area contributed by atoms with Crippen LogP contribution in [0, 0.1) is 11.5 Å². The van der Waals surface area contributed by atoms with E-state index in [4.69, 9.17) is 5.26 Å². The van der Waals surface area contributed by atoms with Crippen LogP contribution in [0.15, 0.2) is 47.7 Å². The van der Waals surface area contributed by atoms with E-state index in [9.17, 15) is 4.79 Å². The van der Waals surface area contributed by atoms with E-state index in [1.807, 2.05) is 12.1 Å². The Bertz CT molecular complexity index is 566. The van der Waals surface area contributed by atoms with Gasteiger partial charge in [0.05, 0.1) is 0 Å². The average Bonchev–Trinajstić information content (AvgIpc) is 2.31. The maximum Gasteiger partial charge on any atom is 0.263 e. The molecule has 2 heterocycles. The van der Waals surface area contributed by atoms with Gasteiger partial charge in [0.2, 0.25) is 0 Å². The minimum atomic E-state index is -0.324. The Morgan fingerprint density at radius 2 is 1.87 bits per heavy atom. The summed E-state index contributed by atoms with van der Waals surface area (Å²) >= 11 is 0. The first-order chi connectivity index (χ1) is 7.31. The Kier molecular flexibility index (Phi) is 2.30. The third-order valence-corrected chi connectivity index (χ3v) is 2.03. The van der Waals surface area contributed by atoms with Crippen LogP contribution in [0.25, 0.3) is 11.1 Å². The second kappa shape index (κ2) is 3.76. The van der Waals surface area contributed by atoms with Gasteiger partial charge in [-0.15, -0.1) is 0 Å². The molecule has 0 saturated heterocycles. The van der Waals surface area contributed by atoms with Gasteiger partial charge < -0.3 is 0 Å². The fourth-order valence-electron chi connectivity index (χ4n) is 1.28. The molecule has 0 aromatic carbocycles. The van der Waals surface area contributed by atoms with Gasteiger partial charge in [-0.05, 0) is 29.3 Å². The minimum Gasteiger partial charge on any atom is -0.268 e. The van der Waals surface area contributed by atoms with Gasteiger partial charge in [-0.1, -0.05) is 0 Å². The normalized spacial score (nSPS) is 9.53. The average molecular weight is 197 g/mol. The quantitative estimate of drug-likeness (QED) is 0.691. The molecule has 2 rings (SSSR count). The zero-order valence-electron chi connectivity index (χ0n) is 7.79. The van der Waals surface area contributed by atoms with Gasteiger partial charge in [-0.2, -0.15) is 5.26 Å². The molecule has 0 atom stereocenters. The predicted octanol–water partition coefficient (Wildman–Crippen LogP) is 1.24. The monoisotopic (exact) mass is 197 g/mol. The van der Waals surface area contributed by atoms with E-state index in [0.29, 0.717) is 0 Å². The van der Waals surface area contributed by atoms with Crippen molar-refractivity contribution in [1.29, 1.82) is 5.26 Å². The summed E-state index contributed by atoms with van der Waals surface area (Å²) in [6.45, 7) is 0. The first-order valence-corrected chi connectivity index (χ1v) is 4.34. The standard InChI is InChI=1S/C11H7N3O/c12-8-14-7-10(1-2-11(14)15)9-3-5-13-6-4-9/h1-7H. The van der Waals surface area contributed by atoms with E-state index < -0.39 is 0 Å². The predicted molar refractivity (Wildman–Crippen MR) is 54.9 cm³/mol. The van der Waals surface area contributed by atoms with Crippen molar-refractivity contribution in [3.63, 3.8) is 0 Å². The van der Waals surface area contributed by atoms with Crippen molar-refractivity contribution < 1.29 is 0 Å². The summed E-state index contributed by atoms with van der Waals surface area (Å²) in [4.78, 5) is 15.1. The number of hydrogen-bond acceptors (Lipinski definition) is 3. The highest BCUT2D eigenvalue weighted by atomic mass is 16.1. The van der Waals surface area contributed by atoms with Crippen LogP contribution < -0.4 is 5.56 Å². The molecule has 2 aromatic rings. The van der Waals surface area contributed by atoms with Crippen molar-refractivity contribution in [2.75, 3.05) is 0 Å². The first-order valence-electron chi connectivity index (χ1n) is 4.34. The van der Waals surface area contributed by atoms with Gasteiger partial charge in [-0.3, -0.25) is 9.78 Å². The molecular formula is C11H7N3O. The molecule has 0 bridgehead atoms. The zero-order chi connectivity index (χ0) is 10.7. The first kappa shape index (κ1) is 9.16. The molecule has 2 aromatic heterocycles. The molecule has 0 aliphatic rings. The van der Waals surface area contributed by atoms with Gasteiger partial charge in [-0.25, -0.2) is 4.57 Å². The fraction of sp³-hybridized carbons (Fsp3) is 0. The van der Waals surface area contributed by atoms with Gasteiger partial charge in [0.15, 0.2) is 6.19 Å². The lowest BCUT2D eigenvalue weighted by molar-refractivity contribution is 1.01. The van der Waals surface area contributed by atoms with E-state index >= 15 is 0 Å². The number of nitrogens with zero attached hydrogens (tertiary/aromatic N) is 3. The largest absolute Gasteiger partial charge is 0.268 e. The molecule has 0 aliphatic carbocycles. The summed E-state index contributed by atoms with van der Waals surface area (Å²) in [5.74, 6) is 0. The summed E-state index contributed by atoms with van der Waals surface area (Å²) in [5.41, 5.74) is 1.42. The van der Waals surface area contributed by atoms with Crippen molar-refractivity contribution in [3.8, 4) is 17.3 Å². The van der Waals surface area contributed by atoms with Crippen LogP contribution in [0.4, 0.5) is 0 Å². The molecule has 0 amide bonds. The molecule has 0 fully saturated rings. The van der Waals surface area contributed by atoms with Crippen LogP contribution in [0.2, 0.25) is 0 Å². The highest BCUT2D eigenvalue weighted by Crippen LogP contribution is 2.15. The van der Waals surface area contributed by atoms with E-state index in [2.05, 4.69) is 4.98 Å². The smallest absolute Gasteiger partial charge is 0.263 e. The molecule has 4 nitrogen and oxygen atoms in total. The summed E-state index contributed by atoms with van der Waals surface area (Å²) in [6.07, 6.45) is 6.63. The molecule has 0 N–H and O–H groups in total. The molecule has 4 heteroatoms. The van der Waals surface area contributed by atoms with E-state index in [-0.39, 0.29) is 5.56 Å². The number of pyridine rings is 2. The van der Waals surface area contributed by atoms with Crippen molar-refractivity contribution in [3.05, 3.63) is 53.2 Å². The molecule has 0 spiro atoms. The molecule has 15 heavy (non-hydrogen) atoms.